The first-order valence-corrected chi connectivity index (χ1v) is 7.04. The third-order valence-corrected chi connectivity index (χ3v) is 3.64. The van der Waals surface area contributed by atoms with E-state index >= 15 is 0 Å². The number of carbonyl (C=O) groups excluding carboxylic acids is 1. The van der Waals surface area contributed by atoms with Crippen LogP contribution in [-0.4, -0.2) is 10.9 Å². The summed E-state index contributed by atoms with van der Waals surface area (Å²) in [5.74, 6) is 1.13. The fourth-order valence-electron chi connectivity index (χ4n) is 2.50. The number of pyridine rings is 1. The Hall–Kier alpha value is -1.09. The van der Waals surface area contributed by atoms with Crippen molar-refractivity contribution in [1.29, 1.82) is 0 Å². The fraction of sp³-hybridized carbons (Fsp3) is 0.571. The number of rotatable bonds is 3. The Morgan fingerprint density at radius 1 is 1.28 bits per heavy atom. The largest absolute Gasteiger partial charge is 0.311 e. The van der Waals surface area contributed by atoms with Gasteiger partial charge in [-0.1, -0.05) is 43.4 Å². The van der Waals surface area contributed by atoms with E-state index in [-0.39, 0.29) is 5.91 Å². The highest BCUT2D eigenvalue weighted by Gasteiger charge is 2.16. The minimum Gasteiger partial charge on any atom is -0.311 e. The van der Waals surface area contributed by atoms with Crippen molar-refractivity contribution in [2.75, 3.05) is 5.32 Å². The summed E-state index contributed by atoms with van der Waals surface area (Å²) in [6.45, 7) is 0. The van der Waals surface area contributed by atoms with E-state index in [0.717, 1.165) is 0 Å². The number of hydrogen-bond acceptors (Lipinski definition) is 2. The lowest BCUT2D eigenvalue weighted by Gasteiger charge is -2.13. The Balaban J connectivity index is 1.84. The summed E-state index contributed by atoms with van der Waals surface area (Å²) >= 11 is 5.78. The summed E-state index contributed by atoms with van der Waals surface area (Å²) in [6.07, 6.45) is 8.10. The zero-order valence-electron chi connectivity index (χ0n) is 10.5. The number of aromatic nitrogens is 1. The lowest BCUT2D eigenvalue weighted by Crippen LogP contribution is -2.17. The van der Waals surface area contributed by atoms with E-state index in [9.17, 15) is 4.79 Å². The van der Waals surface area contributed by atoms with Crippen LogP contribution in [0.2, 0.25) is 5.15 Å². The van der Waals surface area contributed by atoms with Crippen molar-refractivity contribution in [3.8, 4) is 0 Å². The van der Waals surface area contributed by atoms with E-state index in [0.29, 0.717) is 23.3 Å². The molecule has 1 heterocycles. The molecule has 18 heavy (non-hydrogen) atoms. The van der Waals surface area contributed by atoms with Gasteiger partial charge >= 0.3 is 0 Å². The molecule has 1 fully saturated rings. The first-order valence-electron chi connectivity index (χ1n) is 6.66. The highest BCUT2D eigenvalue weighted by atomic mass is 35.5. The maximum atomic E-state index is 11.9. The average Bonchev–Trinajstić information content (AvgIpc) is 2.57. The second kappa shape index (κ2) is 6.74. The molecule has 98 valence electrons. The van der Waals surface area contributed by atoms with Crippen LogP contribution < -0.4 is 5.32 Å². The Bertz CT molecular complexity index is 401. The van der Waals surface area contributed by atoms with E-state index in [1.54, 1.807) is 18.2 Å². The number of nitrogens with one attached hydrogen (secondary N) is 1. The van der Waals surface area contributed by atoms with Gasteiger partial charge in [-0.2, -0.15) is 0 Å². The molecule has 0 radical (unpaired) electrons. The molecule has 0 aromatic carbocycles. The molecule has 2 rings (SSSR count). The number of anilines is 1. The SMILES string of the molecule is O=C(CC1CCCCCC1)Nc1cccc(Cl)n1. The third-order valence-electron chi connectivity index (χ3n) is 3.43. The maximum Gasteiger partial charge on any atom is 0.225 e. The van der Waals surface area contributed by atoms with Gasteiger partial charge in [0.2, 0.25) is 5.91 Å². The quantitative estimate of drug-likeness (QED) is 0.663. The summed E-state index contributed by atoms with van der Waals surface area (Å²) in [6, 6.07) is 5.25. The number of nitrogens with zero attached hydrogens (tertiary/aromatic N) is 1. The molecular weight excluding hydrogens is 248 g/mol. The summed E-state index contributed by atoms with van der Waals surface area (Å²) < 4.78 is 0. The van der Waals surface area contributed by atoms with Gasteiger partial charge in [0.05, 0.1) is 0 Å². The van der Waals surface area contributed by atoms with Crippen molar-refractivity contribution in [3.05, 3.63) is 23.4 Å². The highest BCUT2D eigenvalue weighted by molar-refractivity contribution is 6.29. The molecule has 1 N–H and O–H groups in total. The molecule has 0 unspecified atom stereocenters. The Kier molecular flexibility index (Phi) is 5.00. The maximum absolute atomic E-state index is 11.9. The number of amides is 1. The van der Waals surface area contributed by atoms with E-state index in [1.165, 1.54) is 38.5 Å². The van der Waals surface area contributed by atoms with Crippen molar-refractivity contribution in [1.82, 2.24) is 4.98 Å². The summed E-state index contributed by atoms with van der Waals surface area (Å²) in [5, 5.41) is 3.22. The third kappa shape index (κ3) is 4.30. The van der Waals surface area contributed by atoms with Crippen molar-refractivity contribution in [3.63, 3.8) is 0 Å². The van der Waals surface area contributed by atoms with Gasteiger partial charge in [-0.3, -0.25) is 4.79 Å². The number of hydrogen-bond donors (Lipinski definition) is 1. The van der Waals surface area contributed by atoms with Crippen LogP contribution in [0.15, 0.2) is 18.2 Å². The highest BCUT2D eigenvalue weighted by Crippen LogP contribution is 2.25. The topological polar surface area (TPSA) is 42.0 Å². The van der Waals surface area contributed by atoms with Crippen molar-refractivity contribution >= 4 is 23.3 Å². The molecule has 1 aromatic rings. The molecule has 1 aliphatic carbocycles. The predicted molar refractivity (Wildman–Crippen MR) is 73.7 cm³/mol. The number of carbonyl (C=O) groups is 1. The first kappa shape index (κ1) is 13.3. The molecule has 3 nitrogen and oxygen atoms in total. The van der Waals surface area contributed by atoms with Crippen LogP contribution >= 0.6 is 11.6 Å². The normalized spacial score (nSPS) is 17.2. The monoisotopic (exact) mass is 266 g/mol. The minimum absolute atomic E-state index is 0.0525. The van der Waals surface area contributed by atoms with Crippen LogP contribution in [0.1, 0.15) is 44.9 Å². The van der Waals surface area contributed by atoms with Gasteiger partial charge in [0, 0.05) is 6.42 Å². The molecule has 0 aliphatic heterocycles. The van der Waals surface area contributed by atoms with E-state index in [4.69, 9.17) is 11.6 Å². The molecule has 0 bridgehead atoms. The van der Waals surface area contributed by atoms with Crippen molar-refractivity contribution in [2.24, 2.45) is 5.92 Å². The Morgan fingerprint density at radius 3 is 2.67 bits per heavy atom. The smallest absolute Gasteiger partial charge is 0.225 e. The van der Waals surface area contributed by atoms with Crippen LogP contribution in [-0.2, 0) is 4.79 Å². The molecule has 1 aliphatic rings. The Labute approximate surface area is 113 Å². The fourth-order valence-corrected chi connectivity index (χ4v) is 2.67. The van der Waals surface area contributed by atoms with E-state index in [2.05, 4.69) is 10.3 Å². The summed E-state index contributed by atoms with van der Waals surface area (Å²) in [4.78, 5) is 16.0. The lowest BCUT2D eigenvalue weighted by atomic mass is 9.96. The second-order valence-corrected chi connectivity index (χ2v) is 5.34. The average molecular weight is 267 g/mol. The van der Waals surface area contributed by atoms with Gasteiger partial charge < -0.3 is 5.32 Å². The predicted octanol–water partition coefficient (Wildman–Crippen LogP) is 4.03. The number of halogens is 1. The molecule has 0 saturated heterocycles. The molecule has 1 amide bonds. The standard InChI is InChI=1S/C14H19ClN2O/c15-12-8-5-9-13(16-12)17-14(18)10-11-6-3-1-2-4-7-11/h5,8-9,11H,1-4,6-7,10H2,(H,16,17,18). The lowest BCUT2D eigenvalue weighted by molar-refractivity contribution is -0.117. The van der Waals surface area contributed by atoms with Crippen LogP contribution in [0.5, 0.6) is 0 Å². The molecule has 1 aromatic heterocycles. The second-order valence-electron chi connectivity index (χ2n) is 4.96. The van der Waals surface area contributed by atoms with Gasteiger partial charge in [0.15, 0.2) is 0 Å². The summed E-state index contributed by atoms with van der Waals surface area (Å²) in [5.41, 5.74) is 0. The van der Waals surface area contributed by atoms with Crippen LogP contribution in [0.4, 0.5) is 5.82 Å². The van der Waals surface area contributed by atoms with Crippen LogP contribution in [0, 0.1) is 5.92 Å². The van der Waals surface area contributed by atoms with Crippen LogP contribution in [0.3, 0.4) is 0 Å². The van der Waals surface area contributed by atoms with Gasteiger partial charge in [0.1, 0.15) is 11.0 Å². The molecule has 0 spiro atoms. The molecule has 1 saturated carbocycles. The van der Waals surface area contributed by atoms with Gasteiger partial charge in [0.25, 0.3) is 0 Å². The van der Waals surface area contributed by atoms with Crippen molar-refractivity contribution < 1.29 is 4.79 Å². The summed E-state index contributed by atoms with van der Waals surface area (Å²) in [7, 11) is 0. The minimum atomic E-state index is 0.0525. The van der Waals surface area contributed by atoms with Gasteiger partial charge in [-0.05, 0) is 30.9 Å². The molecule has 0 atom stereocenters. The van der Waals surface area contributed by atoms with E-state index in [1.807, 2.05) is 0 Å². The zero-order valence-corrected chi connectivity index (χ0v) is 11.2. The van der Waals surface area contributed by atoms with Gasteiger partial charge in [-0.15, -0.1) is 0 Å². The Morgan fingerprint density at radius 2 is 2.00 bits per heavy atom. The zero-order chi connectivity index (χ0) is 12.8. The van der Waals surface area contributed by atoms with E-state index < -0.39 is 0 Å². The molecular formula is C14H19ClN2O. The van der Waals surface area contributed by atoms with Gasteiger partial charge in [-0.25, -0.2) is 4.98 Å². The van der Waals surface area contributed by atoms with Crippen LogP contribution in [0.25, 0.3) is 0 Å². The molecule has 4 heteroatoms. The van der Waals surface area contributed by atoms with Crippen molar-refractivity contribution in [2.45, 2.75) is 44.9 Å². The first-order chi connectivity index (χ1) is 8.74.